The van der Waals surface area contributed by atoms with Crippen molar-refractivity contribution >= 4 is 11.6 Å². The first-order valence-corrected chi connectivity index (χ1v) is 7.65. The molecular formula is C16H24ClNO. The lowest BCUT2D eigenvalue weighted by atomic mass is 10.1. The van der Waals surface area contributed by atoms with E-state index in [-0.39, 0.29) is 0 Å². The molecule has 19 heavy (non-hydrogen) atoms. The van der Waals surface area contributed by atoms with Gasteiger partial charge in [-0.3, -0.25) is 0 Å². The van der Waals surface area contributed by atoms with Crippen LogP contribution in [0.5, 0.6) is 0 Å². The predicted octanol–water partition coefficient (Wildman–Crippen LogP) is 4.23. The molecule has 0 atom stereocenters. The van der Waals surface area contributed by atoms with Crippen LogP contribution in [0.25, 0.3) is 0 Å². The van der Waals surface area contributed by atoms with Crippen LogP contribution in [0, 0.1) is 0 Å². The fraction of sp³-hybridized carbons (Fsp3) is 0.625. The average Bonchev–Trinajstić information content (AvgIpc) is 3.14. The van der Waals surface area contributed by atoms with E-state index in [1.165, 1.54) is 38.0 Å². The average molecular weight is 282 g/mol. The monoisotopic (exact) mass is 281 g/mol. The van der Waals surface area contributed by atoms with Gasteiger partial charge in [0.05, 0.1) is 11.1 Å². The molecule has 2 rings (SSSR count). The van der Waals surface area contributed by atoms with E-state index in [9.17, 15) is 0 Å². The maximum atomic E-state index is 6.28. The van der Waals surface area contributed by atoms with Crippen LogP contribution in [0.2, 0.25) is 0 Å². The molecule has 106 valence electrons. The van der Waals surface area contributed by atoms with Crippen molar-refractivity contribution in [2.24, 2.45) is 0 Å². The number of allylic oxidation sites excluding steroid dienone is 5. The molecule has 0 aromatic heterocycles. The summed E-state index contributed by atoms with van der Waals surface area (Å²) in [5.41, 5.74) is 1.20. The van der Waals surface area contributed by atoms with Gasteiger partial charge in [0, 0.05) is 0 Å². The van der Waals surface area contributed by atoms with E-state index < -0.39 is 0 Å². The first-order chi connectivity index (χ1) is 9.19. The quantitative estimate of drug-likeness (QED) is 0.487. The maximum absolute atomic E-state index is 6.28. The lowest BCUT2D eigenvalue weighted by Gasteiger charge is -2.30. The molecule has 0 amide bonds. The normalized spacial score (nSPS) is 21.7. The molecule has 0 N–H and O–H groups in total. The maximum Gasteiger partial charge on any atom is 0.112 e. The summed E-state index contributed by atoms with van der Waals surface area (Å²) >= 11 is 6.28. The number of halogens is 1. The van der Waals surface area contributed by atoms with Gasteiger partial charge in [-0.25, -0.2) is 0 Å². The predicted molar refractivity (Wildman–Crippen MR) is 81.2 cm³/mol. The molecule has 0 bridgehead atoms. The third-order valence-corrected chi connectivity index (χ3v) is 4.04. The summed E-state index contributed by atoms with van der Waals surface area (Å²) in [6.07, 6.45) is 10.2. The highest BCUT2D eigenvalue weighted by Crippen LogP contribution is 2.28. The zero-order valence-electron chi connectivity index (χ0n) is 11.8. The van der Waals surface area contributed by atoms with Crippen molar-refractivity contribution in [2.45, 2.75) is 45.1 Å². The molecule has 1 aliphatic carbocycles. The SMILES string of the molecule is C=C/C(=C\C(Cl)=C(/C)OC1CC1)CCCN1CCC1. The lowest BCUT2D eigenvalue weighted by Crippen LogP contribution is -2.37. The summed E-state index contributed by atoms with van der Waals surface area (Å²) in [7, 11) is 0. The smallest absolute Gasteiger partial charge is 0.112 e. The molecule has 1 heterocycles. The number of ether oxygens (including phenoxy) is 1. The topological polar surface area (TPSA) is 12.5 Å². The van der Waals surface area contributed by atoms with Crippen LogP contribution in [-0.4, -0.2) is 30.6 Å². The Morgan fingerprint density at radius 3 is 2.68 bits per heavy atom. The highest BCUT2D eigenvalue weighted by Gasteiger charge is 2.23. The van der Waals surface area contributed by atoms with Crippen molar-refractivity contribution in [3.63, 3.8) is 0 Å². The Kier molecular flexibility index (Phi) is 5.53. The van der Waals surface area contributed by atoms with Gasteiger partial charge >= 0.3 is 0 Å². The zero-order valence-corrected chi connectivity index (χ0v) is 12.6. The summed E-state index contributed by atoms with van der Waals surface area (Å²) < 4.78 is 5.70. The van der Waals surface area contributed by atoms with Crippen molar-refractivity contribution in [3.8, 4) is 0 Å². The Hall–Kier alpha value is -0.730. The van der Waals surface area contributed by atoms with Gasteiger partial charge in [-0.2, -0.15) is 0 Å². The minimum atomic E-state index is 0.403. The Morgan fingerprint density at radius 2 is 2.16 bits per heavy atom. The Morgan fingerprint density at radius 1 is 1.42 bits per heavy atom. The molecule has 0 spiro atoms. The van der Waals surface area contributed by atoms with Crippen LogP contribution < -0.4 is 0 Å². The number of rotatable bonds is 8. The van der Waals surface area contributed by atoms with E-state index in [2.05, 4.69) is 11.5 Å². The molecule has 0 aromatic carbocycles. The van der Waals surface area contributed by atoms with E-state index in [0.717, 1.165) is 25.0 Å². The molecule has 1 saturated heterocycles. The van der Waals surface area contributed by atoms with Crippen molar-refractivity contribution in [1.82, 2.24) is 4.90 Å². The summed E-state index contributed by atoms with van der Waals surface area (Å²) in [6.45, 7) is 9.53. The first kappa shape index (κ1) is 14.7. The molecule has 1 saturated carbocycles. The van der Waals surface area contributed by atoms with Crippen molar-refractivity contribution in [1.29, 1.82) is 0 Å². The summed E-state index contributed by atoms with van der Waals surface area (Å²) in [5, 5.41) is 0.714. The van der Waals surface area contributed by atoms with E-state index in [4.69, 9.17) is 16.3 Å². The van der Waals surface area contributed by atoms with Crippen LogP contribution >= 0.6 is 11.6 Å². The minimum absolute atomic E-state index is 0.403. The van der Waals surface area contributed by atoms with Gasteiger partial charge < -0.3 is 9.64 Å². The Labute approximate surface area is 121 Å². The van der Waals surface area contributed by atoms with Crippen LogP contribution in [-0.2, 0) is 4.74 Å². The van der Waals surface area contributed by atoms with E-state index in [1.54, 1.807) is 0 Å². The second-order valence-corrected chi connectivity index (χ2v) is 5.85. The van der Waals surface area contributed by atoms with Gasteiger partial charge in [-0.15, -0.1) is 0 Å². The second kappa shape index (κ2) is 7.16. The minimum Gasteiger partial charge on any atom is -0.494 e. The van der Waals surface area contributed by atoms with Crippen LogP contribution in [0.4, 0.5) is 0 Å². The fourth-order valence-electron chi connectivity index (χ4n) is 2.10. The van der Waals surface area contributed by atoms with Gasteiger partial charge in [0.15, 0.2) is 0 Å². The zero-order chi connectivity index (χ0) is 13.7. The highest BCUT2D eigenvalue weighted by molar-refractivity contribution is 6.31. The van der Waals surface area contributed by atoms with Gasteiger partial charge in [0.2, 0.25) is 0 Å². The largest absolute Gasteiger partial charge is 0.494 e. The van der Waals surface area contributed by atoms with Crippen molar-refractivity contribution in [2.75, 3.05) is 19.6 Å². The standard InChI is InChI=1S/C16H24ClNO/c1-3-14(6-4-9-18-10-5-11-18)12-16(17)13(2)19-15-7-8-15/h3,12,15H,1,4-11H2,2H3/b14-12+,16-13-. The number of likely N-dealkylation sites (tertiary alicyclic amines) is 1. The second-order valence-electron chi connectivity index (χ2n) is 5.44. The third kappa shape index (κ3) is 5.04. The molecule has 0 aromatic rings. The molecular weight excluding hydrogens is 258 g/mol. The van der Waals surface area contributed by atoms with E-state index in [1.807, 2.05) is 19.1 Å². The highest BCUT2D eigenvalue weighted by atomic mass is 35.5. The van der Waals surface area contributed by atoms with Crippen LogP contribution in [0.3, 0.4) is 0 Å². The molecule has 3 heteroatoms. The molecule has 2 aliphatic rings. The summed E-state index contributed by atoms with van der Waals surface area (Å²) in [5.74, 6) is 0.839. The number of hydrogen-bond donors (Lipinski definition) is 0. The molecule has 1 aliphatic heterocycles. The van der Waals surface area contributed by atoms with Crippen molar-refractivity contribution in [3.05, 3.63) is 35.1 Å². The van der Waals surface area contributed by atoms with Crippen LogP contribution in [0.15, 0.2) is 35.1 Å². The van der Waals surface area contributed by atoms with E-state index >= 15 is 0 Å². The third-order valence-electron chi connectivity index (χ3n) is 3.67. The van der Waals surface area contributed by atoms with E-state index in [0.29, 0.717) is 11.1 Å². The molecule has 0 radical (unpaired) electrons. The van der Waals surface area contributed by atoms with Crippen molar-refractivity contribution < 1.29 is 4.74 Å². The lowest BCUT2D eigenvalue weighted by molar-refractivity contribution is 0.180. The molecule has 2 fully saturated rings. The first-order valence-electron chi connectivity index (χ1n) is 7.27. The Bertz CT molecular complexity index is 378. The Balaban J connectivity index is 1.79. The van der Waals surface area contributed by atoms with Gasteiger partial charge in [-0.05, 0) is 70.3 Å². The molecule has 2 nitrogen and oxygen atoms in total. The summed E-state index contributed by atoms with van der Waals surface area (Å²) in [6, 6.07) is 0. The number of nitrogens with zero attached hydrogens (tertiary/aromatic N) is 1. The van der Waals surface area contributed by atoms with Gasteiger partial charge in [-0.1, -0.05) is 24.3 Å². The molecule has 0 unspecified atom stereocenters. The van der Waals surface area contributed by atoms with Gasteiger partial charge in [0.25, 0.3) is 0 Å². The fourth-order valence-corrected chi connectivity index (χ4v) is 2.29. The summed E-state index contributed by atoms with van der Waals surface area (Å²) in [4.78, 5) is 2.49. The number of hydrogen-bond acceptors (Lipinski definition) is 2. The van der Waals surface area contributed by atoms with Gasteiger partial charge in [0.1, 0.15) is 5.76 Å². The van der Waals surface area contributed by atoms with Crippen LogP contribution in [0.1, 0.15) is 39.0 Å².